The van der Waals surface area contributed by atoms with Crippen LogP contribution in [-0.2, 0) is 0 Å². The predicted molar refractivity (Wildman–Crippen MR) is 53.8 cm³/mol. The van der Waals surface area contributed by atoms with Gasteiger partial charge in [0.05, 0.1) is 11.3 Å². The van der Waals surface area contributed by atoms with Crippen LogP contribution < -0.4 is 5.32 Å². The Labute approximate surface area is 83.7 Å². The van der Waals surface area contributed by atoms with Crippen LogP contribution in [0.3, 0.4) is 0 Å². The number of aliphatic hydroxyl groups is 1. The lowest BCUT2D eigenvalue weighted by Gasteiger charge is -2.37. The van der Waals surface area contributed by atoms with Gasteiger partial charge in [-0.05, 0) is 32.3 Å². The number of rotatable bonds is 4. The monoisotopic (exact) mass is 195 g/mol. The van der Waals surface area contributed by atoms with E-state index in [-0.39, 0.29) is 6.04 Å². The van der Waals surface area contributed by atoms with E-state index in [4.69, 9.17) is 0 Å². The molecule has 0 bridgehead atoms. The van der Waals surface area contributed by atoms with Gasteiger partial charge in [0.1, 0.15) is 0 Å². The topological polar surface area (TPSA) is 60.9 Å². The maximum atomic E-state index is 9.87. The van der Waals surface area contributed by atoms with Gasteiger partial charge in [-0.2, -0.15) is 5.10 Å². The van der Waals surface area contributed by atoms with Crippen molar-refractivity contribution in [3.8, 4) is 0 Å². The molecule has 1 aliphatic rings. The molecular formula is C10H17N3O. The molecule has 0 spiro atoms. The van der Waals surface area contributed by atoms with Crippen molar-refractivity contribution in [1.29, 1.82) is 0 Å². The normalized spacial score (nSPS) is 21.6. The number of nitrogens with zero attached hydrogens (tertiary/aromatic N) is 1. The van der Waals surface area contributed by atoms with Crippen molar-refractivity contribution >= 4 is 0 Å². The lowest BCUT2D eigenvalue weighted by Crippen LogP contribution is -2.46. The van der Waals surface area contributed by atoms with Gasteiger partial charge in [0, 0.05) is 18.8 Å². The van der Waals surface area contributed by atoms with E-state index < -0.39 is 5.60 Å². The average molecular weight is 195 g/mol. The minimum Gasteiger partial charge on any atom is -0.389 e. The van der Waals surface area contributed by atoms with Crippen molar-refractivity contribution in [2.24, 2.45) is 0 Å². The Bertz CT molecular complexity index is 280. The van der Waals surface area contributed by atoms with E-state index in [9.17, 15) is 5.11 Å². The minimum atomic E-state index is -0.450. The molecule has 0 saturated heterocycles. The number of hydrogen-bond acceptors (Lipinski definition) is 3. The third-order valence-corrected chi connectivity index (χ3v) is 3.01. The summed E-state index contributed by atoms with van der Waals surface area (Å²) < 4.78 is 0. The molecule has 3 N–H and O–H groups in total. The van der Waals surface area contributed by atoms with Crippen LogP contribution in [0, 0.1) is 0 Å². The van der Waals surface area contributed by atoms with Gasteiger partial charge in [-0.25, -0.2) is 0 Å². The first kappa shape index (κ1) is 9.68. The first-order valence-electron chi connectivity index (χ1n) is 5.15. The molecule has 1 heterocycles. The lowest BCUT2D eigenvalue weighted by molar-refractivity contribution is -0.0330. The average Bonchev–Trinajstić information content (AvgIpc) is 2.63. The number of nitrogens with one attached hydrogen (secondary N) is 2. The van der Waals surface area contributed by atoms with Gasteiger partial charge in [0.15, 0.2) is 0 Å². The quantitative estimate of drug-likeness (QED) is 0.671. The fraction of sp³-hybridized carbons (Fsp3) is 0.700. The van der Waals surface area contributed by atoms with Gasteiger partial charge in [0.2, 0.25) is 0 Å². The molecule has 0 amide bonds. The van der Waals surface area contributed by atoms with Crippen molar-refractivity contribution in [3.05, 3.63) is 18.0 Å². The van der Waals surface area contributed by atoms with E-state index in [2.05, 4.69) is 22.4 Å². The Hall–Kier alpha value is -0.870. The molecule has 1 atom stereocenters. The van der Waals surface area contributed by atoms with Gasteiger partial charge in [0.25, 0.3) is 0 Å². The molecule has 1 aromatic rings. The Morgan fingerprint density at radius 1 is 1.71 bits per heavy atom. The highest BCUT2D eigenvalue weighted by Gasteiger charge is 2.34. The largest absolute Gasteiger partial charge is 0.389 e. The third kappa shape index (κ3) is 1.96. The third-order valence-electron chi connectivity index (χ3n) is 3.01. The summed E-state index contributed by atoms with van der Waals surface area (Å²) in [4.78, 5) is 0. The maximum absolute atomic E-state index is 9.87. The summed E-state index contributed by atoms with van der Waals surface area (Å²) in [6.45, 7) is 2.74. The molecule has 0 aromatic carbocycles. The number of hydrogen-bond donors (Lipinski definition) is 3. The highest BCUT2D eigenvalue weighted by atomic mass is 16.3. The number of aromatic amines is 1. The van der Waals surface area contributed by atoms with Crippen molar-refractivity contribution in [2.45, 2.75) is 37.8 Å². The van der Waals surface area contributed by atoms with E-state index in [1.165, 1.54) is 0 Å². The van der Waals surface area contributed by atoms with E-state index in [0.717, 1.165) is 25.0 Å². The predicted octanol–water partition coefficient (Wildman–Crippen LogP) is 0.975. The van der Waals surface area contributed by atoms with Crippen LogP contribution in [0.4, 0.5) is 0 Å². The van der Waals surface area contributed by atoms with Crippen molar-refractivity contribution in [3.63, 3.8) is 0 Å². The van der Waals surface area contributed by atoms with Gasteiger partial charge in [-0.1, -0.05) is 0 Å². The second-order valence-electron chi connectivity index (χ2n) is 4.19. The Balaban J connectivity index is 1.80. The smallest absolute Gasteiger partial charge is 0.0771 e. The van der Waals surface area contributed by atoms with E-state index in [1.807, 2.05) is 6.07 Å². The molecule has 0 radical (unpaired) electrons. The molecule has 0 aliphatic heterocycles. The zero-order valence-corrected chi connectivity index (χ0v) is 8.45. The van der Waals surface area contributed by atoms with E-state index in [0.29, 0.717) is 6.54 Å². The molecule has 1 saturated carbocycles. The van der Waals surface area contributed by atoms with Crippen LogP contribution in [0.2, 0.25) is 0 Å². The fourth-order valence-electron chi connectivity index (χ4n) is 1.72. The number of aromatic nitrogens is 2. The van der Waals surface area contributed by atoms with Crippen LogP contribution in [-0.4, -0.2) is 27.4 Å². The summed E-state index contributed by atoms with van der Waals surface area (Å²) in [5, 5.41) is 20.0. The highest BCUT2D eigenvalue weighted by molar-refractivity contribution is 5.03. The van der Waals surface area contributed by atoms with Crippen LogP contribution in [0.5, 0.6) is 0 Å². The van der Waals surface area contributed by atoms with Gasteiger partial charge in [-0.3, -0.25) is 5.10 Å². The Morgan fingerprint density at radius 2 is 2.50 bits per heavy atom. The lowest BCUT2D eigenvalue weighted by atomic mass is 9.80. The summed E-state index contributed by atoms with van der Waals surface area (Å²) in [6.07, 6.45) is 4.74. The van der Waals surface area contributed by atoms with Crippen molar-refractivity contribution < 1.29 is 5.11 Å². The van der Waals surface area contributed by atoms with Crippen molar-refractivity contribution in [1.82, 2.24) is 15.5 Å². The van der Waals surface area contributed by atoms with Crippen molar-refractivity contribution in [2.75, 3.05) is 6.54 Å². The van der Waals surface area contributed by atoms with E-state index in [1.54, 1.807) is 6.20 Å². The molecule has 1 aromatic heterocycles. The molecule has 1 fully saturated rings. The standard InChI is InChI=1S/C10H17N3O/c1-8(9-3-6-12-13-9)11-7-10(14)4-2-5-10/h3,6,8,11,14H,2,4-5,7H2,1H3,(H,12,13). The molecule has 1 unspecified atom stereocenters. The molecule has 4 heteroatoms. The highest BCUT2D eigenvalue weighted by Crippen LogP contribution is 2.31. The summed E-state index contributed by atoms with van der Waals surface area (Å²) >= 11 is 0. The first-order valence-corrected chi connectivity index (χ1v) is 5.15. The molecule has 2 rings (SSSR count). The second kappa shape index (κ2) is 3.71. The zero-order valence-electron chi connectivity index (χ0n) is 8.45. The van der Waals surface area contributed by atoms with Crippen LogP contribution in [0.25, 0.3) is 0 Å². The number of H-pyrrole nitrogens is 1. The van der Waals surface area contributed by atoms with Gasteiger partial charge in [-0.15, -0.1) is 0 Å². The fourth-order valence-corrected chi connectivity index (χ4v) is 1.72. The maximum Gasteiger partial charge on any atom is 0.0771 e. The Morgan fingerprint density at radius 3 is 3.00 bits per heavy atom. The zero-order chi connectivity index (χ0) is 10.0. The van der Waals surface area contributed by atoms with Gasteiger partial charge >= 0.3 is 0 Å². The molecule has 78 valence electrons. The molecule has 4 nitrogen and oxygen atoms in total. The van der Waals surface area contributed by atoms with Crippen LogP contribution >= 0.6 is 0 Å². The van der Waals surface area contributed by atoms with Crippen LogP contribution in [0.1, 0.15) is 37.9 Å². The summed E-state index contributed by atoms with van der Waals surface area (Å²) in [7, 11) is 0. The second-order valence-corrected chi connectivity index (χ2v) is 4.19. The SMILES string of the molecule is CC(NCC1(O)CCC1)c1ccn[nH]1. The molecular weight excluding hydrogens is 178 g/mol. The summed E-state index contributed by atoms with van der Waals surface area (Å²) in [5.74, 6) is 0. The summed E-state index contributed by atoms with van der Waals surface area (Å²) in [6, 6.07) is 2.17. The Kier molecular flexibility index (Phi) is 2.56. The first-order chi connectivity index (χ1) is 6.70. The summed E-state index contributed by atoms with van der Waals surface area (Å²) in [5.41, 5.74) is 0.613. The van der Waals surface area contributed by atoms with E-state index >= 15 is 0 Å². The molecule has 1 aliphatic carbocycles. The minimum absolute atomic E-state index is 0.224. The molecule has 14 heavy (non-hydrogen) atoms. The van der Waals surface area contributed by atoms with Crippen LogP contribution in [0.15, 0.2) is 12.3 Å². The van der Waals surface area contributed by atoms with Gasteiger partial charge < -0.3 is 10.4 Å².